The summed E-state index contributed by atoms with van der Waals surface area (Å²) in [7, 11) is 0. The van der Waals surface area contributed by atoms with Crippen LogP contribution < -0.4 is 4.87 Å². The number of aryl methyl sites for hydroxylation is 1. The van der Waals surface area contributed by atoms with Crippen LogP contribution in [0.5, 0.6) is 0 Å². The highest BCUT2D eigenvalue weighted by Crippen LogP contribution is 2.31. The zero-order valence-electron chi connectivity index (χ0n) is 15.0. The Balaban J connectivity index is 1.48. The Labute approximate surface area is 170 Å². The van der Waals surface area contributed by atoms with Crippen molar-refractivity contribution >= 4 is 46.2 Å². The Morgan fingerprint density at radius 1 is 1.12 bits per heavy atom. The van der Waals surface area contributed by atoms with Crippen molar-refractivity contribution in [1.82, 2.24) is 14.8 Å². The first-order valence-electron chi connectivity index (χ1n) is 8.36. The van der Waals surface area contributed by atoms with Crippen molar-refractivity contribution in [2.75, 3.05) is 5.75 Å². The van der Waals surface area contributed by atoms with Crippen LogP contribution in [0.3, 0.4) is 0 Å². The Hall–Kier alpha value is -1.09. The SMILES string of the molecule is Cc1csc(=O)n1CCSc1nnc(SCc2ccc(C(C)C)cc2)s1. The number of thiazole rings is 1. The zero-order valence-corrected chi connectivity index (χ0v) is 18.2. The topological polar surface area (TPSA) is 47.8 Å². The normalized spacial score (nSPS) is 11.4. The first-order valence-corrected chi connectivity index (χ1v) is 12.0. The van der Waals surface area contributed by atoms with E-state index in [4.69, 9.17) is 0 Å². The molecule has 2 heterocycles. The Morgan fingerprint density at radius 3 is 2.42 bits per heavy atom. The van der Waals surface area contributed by atoms with Gasteiger partial charge in [-0.1, -0.05) is 84.3 Å². The summed E-state index contributed by atoms with van der Waals surface area (Å²) in [6, 6.07) is 8.80. The van der Waals surface area contributed by atoms with Crippen LogP contribution in [0.2, 0.25) is 0 Å². The van der Waals surface area contributed by atoms with Crippen LogP contribution in [0.4, 0.5) is 0 Å². The van der Waals surface area contributed by atoms with Gasteiger partial charge in [-0.15, -0.1) is 10.2 Å². The lowest BCUT2D eigenvalue weighted by Crippen LogP contribution is -2.15. The molecule has 0 aliphatic carbocycles. The molecule has 8 heteroatoms. The fourth-order valence-electron chi connectivity index (χ4n) is 2.36. The van der Waals surface area contributed by atoms with E-state index in [-0.39, 0.29) is 4.87 Å². The molecule has 0 spiro atoms. The predicted molar refractivity (Wildman–Crippen MR) is 114 cm³/mol. The molecular weight excluding hydrogens is 402 g/mol. The zero-order chi connectivity index (χ0) is 18.5. The monoisotopic (exact) mass is 423 g/mol. The highest BCUT2D eigenvalue weighted by molar-refractivity contribution is 8.02. The molecule has 0 amide bonds. The summed E-state index contributed by atoms with van der Waals surface area (Å²) in [5, 5.41) is 10.4. The van der Waals surface area contributed by atoms with E-state index >= 15 is 0 Å². The average molecular weight is 424 g/mol. The third kappa shape index (κ3) is 5.22. The Kier molecular flexibility index (Phi) is 6.97. The summed E-state index contributed by atoms with van der Waals surface area (Å²) in [6.45, 7) is 7.10. The van der Waals surface area contributed by atoms with Gasteiger partial charge in [0.15, 0.2) is 8.68 Å². The van der Waals surface area contributed by atoms with Gasteiger partial charge in [0.2, 0.25) is 0 Å². The van der Waals surface area contributed by atoms with Crippen molar-refractivity contribution in [3.8, 4) is 0 Å². The number of nitrogens with zero attached hydrogens (tertiary/aromatic N) is 3. The van der Waals surface area contributed by atoms with Crippen molar-refractivity contribution < 1.29 is 0 Å². The van der Waals surface area contributed by atoms with Crippen LogP contribution in [0.15, 0.2) is 43.1 Å². The minimum absolute atomic E-state index is 0.111. The average Bonchev–Trinajstić information content (AvgIpc) is 3.21. The van der Waals surface area contributed by atoms with Crippen LogP contribution in [-0.4, -0.2) is 20.5 Å². The van der Waals surface area contributed by atoms with E-state index in [1.165, 1.54) is 22.5 Å². The van der Waals surface area contributed by atoms with Gasteiger partial charge in [-0.2, -0.15) is 0 Å². The number of aromatic nitrogens is 3. The summed E-state index contributed by atoms with van der Waals surface area (Å²) >= 11 is 6.27. The molecule has 0 unspecified atom stereocenters. The Morgan fingerprint density at radius 2 is 1.81 bits per heavy atom. The molecule has 0 atom stereocenters. The predicted octanol–water partition coefficient (Wildman–Crippen LogP) is 5.28. The summed E-state index contributed by atoms with van der Waals surface area (Å²) in [6.07, 6.45) is 0. The van der Waals surface area contributed by atoms with Gasteiger partial charge in [-0.25, -0.2) is 0 Å². The second-order valence-electron chi connectivity index (χ2n) is 6.16. The second kappa shape index (κ2) is 9.21. The van der Waals surface area contributed by atoms with E-state index < -0.39 is 0 Å². The molecule has 0 aliphatic heterocycles. The van der Waals surface area contributed by atoms with Crippen molar-refractivity contribution in [3.05, 3.63) is 56.1 Å². The van der Waals surface area contributed by atoms with Crippen molar-refractivity contribution in [2.45, 2.75) is 47.7 Å². The standard InChI is InChI=1S/C18H21N3OS4/c1-12(2)15-6-4-14(5-7-15)11-24-17-20-19-16(26-17)23-9-8-21-13(3)10-25-18(21)22/h4-7,10,12H,8-9,11H2,1-3H3. The van der Waals surface area contributed by atoms with Gasteiger partial charge in [0.05, 0.1) is 0 Å². The van der Waals surface area contributed by atoms with Crippen LogP contribution in [0, 0.1) is 6.92 Å². The summed E-state index contributed by atoms with van der Waals surface area (Å²) in [4.78, 5) is 11.8. The summed E-state index contributed by atoms with van der Waals surface area (Å²) in [5.41, 5.74) is 3.70. The van der Waals surface area contributed by atoms with E-state index in [0.29, 0.717) is 12.5 Å². The third-order valence-electron chi connectivity index (χ3n) is 3.91. The summed E-state index contributed by atoms with van der Waals surface area (Å²) in [5.74, 6) is 2.29. The number of benzene rings is 1. The smallest absolute Gasteiger partial charge is 0.303 e. The number of hydrogen-bond acceptors (Lipinski definition) is 7. The number of rotatable bonds is 8. The lowest BCUT2D eigenvalue weighted by atomic mass is 10.0. The molecule has 0 bridgehead atoms. The quantitative estimate of drug-likeness (QED) is 0.461. The van der Waals surface area contributed by atoms with Crippen LogP contribution in [0.1, 0.15) is 36.6 Å². The van der Waals surface area contributed by atoms with Gasteiger partial charge < -0.3 is 4.57 Å². The van der Waals surface area contributed by atoms with Gasteiger partial charge in [-0.3, -0.25) is 4.79 Å². The third-order valence-corrected chi connectivity index (χ3v) is 8.04. The summed E-state index contributed by atoms with van der Waals surface area (Å²) < 4.78 is 3.77. The molecule has 1 aromatic carbocycles. The lowest BCUT2D eigenvalue weighted by molar-refractivity contribution is 0.730. The highest BCUT2D eigenvalue weighted by Gasteiger charge is 2.08. The maximum atomic E-state index is 11.7. The number of thioether (sulfide) groups is 2. The largest absolute Gasteiger partial charge is 0.307 e. The van der Waals surface area contributed by atoms with Gasteiger partial charge in [0.25, 0.3) is 0 Å². The first kappa shape index (κ1) is 19.7. The van der Waals surface area contributed by atoms with Crippen LogP contribution >= 0.6 is 46.2 Å². The van der Waals surface area contributed by atoms with Gasteiger partial charge in [0.1, 0.15) is 0 Å². The van der Waals surface area contributed by atoms with Gasteiger partial charge in [0, 0.05) is 29.1 Å². The maximum absolute atomic E-state index is 11.7. The fourth-order valence-corrected chi connectivity index (χ4v) is 6.09. The molecule has 3 rings (SSSR count). The highest BCUT2D eigenvalue weighted by atomic mass is 32.2. The molecule has 0 saturated heterocycles. The van der Waals surface area contributed by atoms with E-state index in [9.17, 15) is 4.79 Å². The van der Waals surface area contributed by atoms with Crippen LogP contribution in [-0.2, 0) is 12.3 Å². The molecule has 0 fully saturated rings. The van der Waals surface area contributed by atoms with Gasteiger partial charge in [-0.05, 0) is 24.0 Å². The fraction of sp³-hybridized carbons (Fsp3) is 0.389. The molecule has 26 heavy (non-hydrogen) atoms. The minimum atomic E-state index is 0.111. The second-order valence-corrected chi connectivity index (χ2v) is 10.5. The molecule has 2 aromatic heterocycles. The molecular formula is C18H21N3OS4. The van der Waals surface area contributed by atoms with Crippen molar-refractivity contribution in [3.63, 3.8) is 0 Å². The van der Waals surface area contributed by atoms with E-state index in [0.717, 1.165) is 25.9 Å². The van der Waals surface area contributed by atoms with E-state index in [2.05, 4.69) is 48.3 Å². The van der Waals surface area contributed by atoms with Crippen LogP contribution in [0.25, 0.3) is 0 Å². The molecule has 138 valence electrons. The lowest BCUT2D eigenvalue weighted by Gasteiger charge is -2.06. The molecule has 0 radical (unpaired) electrons. The minimum Gasteiger partial charge on any atom is -0.303 e. The van der Waals surface area contributed by atoms with Gasteiger partial charge >= 0.3 is 4.87 Å². The molecule has 0 aliphatic rings. The molecule has 0 N–H and O–H groups in total. The molecule has 3 aromatic rings. The first-order chi connectivity index (χ1) is 12.5. The van der Waals surface area contributed by atoms with Crippen molar-refractivity contribution in [1.29, 1.82) is 0 Å². The molecule has 0 saturated carbocycles. The van der Waals surface area contributed by atoms with E-state index in [1.807, 2.05) is 16.9 Å². The van der Waals surface area contributed by atoms with E-state index in [1.54, 1.807) is 34.9 Å². The maximum Gasteiger partial charge on any atom is 0.307 e. The Bertz CT molecular complexity index is 896. The van der Waals surface area contributed by atoms with Crippen molar-refractivity contribution in [2.24, 2.45) is 0 Å². The molecule has 4 nitrogen and oxygen atoms in total. The number of hydrogen-bond donors (Lipinski definition) is 0.